The van der Waals surface area contributed by atoms with Gasteiger partial charge in [-0.1, -0.05) is 23.7 Å². The van der Waals surface area contributed by atoms with Crippen LogP contribution >= 0.6 is 11.6 Å². The Balaban J connectivity index is 1.44. The molecule has 1 aliphatic heterocycles. The van der Waals surface area contributed by atoms with Crippen molar-refractivity contribution in [3.8, 4) is 0 Å². The maximum Gasteiger partial charge on any atom is 0.272 e. The van der Waals surface area contributed by atoms with Gasteiger partial charge in [-0.25, -0.2) is 15.0 Å². The van der Waals surface area contributed by atoms with Gasteiger partial charge >= 0.3 is 0 Å². The second kappa shape index (κ2) is 8.10. The van der Waals surface area contributed by atoms with Crippen molar-refractivity contribution in [2.45, 2.75) is 32.1 Å². The van der Waals surface area contributed by atoms with E-state index < -0.39 is 0 Å². The van der Waals surface area contributed by atoms with Crippen LogP contribution in [0.15, 0.2) is 47.1 Å². The molecule has 3 heterocycles. The van der Waals surface area contributed by atoms with Crippen molar-refractivity contribution in [1.29, 1.82) is 0 Å². The summed E-state index contributed by atoms with van der Waals surface area (Å²) in [6.45, 7) is 3.09. The number of hydrogen-bond acceptors (Lipinski definition) is 5. The second-order valence-corrected chi connectivity index (χ2v) is 7.48. The SMILES string of the molecule is Cc1nccc(C(=O)N2CCC[C@H](c3ncc(Cc4ccc(Cl)cc4)o3)C2)n1. The molecule has 0 bridgehead atoms. The lowest BCUT2D eigenvalue weighted by atomic mass is 9.97. The van der Waals surface area contributed by atoms with E-state index in [9.17, 15) is 4.79 Å². The number of rotatable bonds is 4. The van der Waals surface area contributed by atoms with Gasteiger partial charge in [0.15, 0.2) is 5.89 Å². The lowest BCUT2D eigenvalue weighted by Gasteiger charge is -2.31. The van der Waals surface area contributed by atoms with Gasteiger partial charge in [0.25, 0.3) is 5.91 Å². The Morgan fingerprint density at radius 3 is 2.86 bits per heavy atom. The van der Waals surface area contributed by atoms with Crippen LogP contribution in [0.5, 0.6) is 0 Å². The third-order valence-electron chi connectivity index (χ3n) is 4.92. The number of aryl methyl sites for hydroxylation is 1. The van der Waals surface area contributed by atoms with Gasteiger partial charge in [-0.3, -0.25) is 4.79 Å². The first kappa shape index (κ1) is 18.6. The topological polar surface area (TPSA) is 72.1 Å². The number of amides is 1. The zero-order valence-electron chi connectivity index (χ0n) is 15.6. The molecule has 1 amide bonds. The van der Waals surface area contributed by atoms with Gasteiger partial charge in [-0.15, -0.1) is 0 Å². The van der Waals surface area contributed by atoms with Crippen molar-refractivity contribution in [3.63, 3.8) is 0 Å². The van der Waals surface area contributed by atoms with E-state index >= 15 is 0 Å². The van der Waals surface area contributed by atoms with Gasteiger partial charge < -0.3 is 9.32 Å². The summed E-state index contributed by atoms with van der Waals surface area (Å²) in [5.41, 5.74) is 1.55. The van der Waals surface area contributed by atoms with Crippen molar-refractivity contribution < 1.29 is 9.21 Å². The number of nitrogens with zero attached hydrogens (tertiary/aromatic N) is 4. The molecule has 1 fully saturated rings. The quantitative estimate of drug-likeness (QED) is 0.665. The van der Waals surface area contributed by atoms with Crippen LogP contribution in [-0.2, 0) is 6.42 Å². The van der Waals surface area contributed by atoms with Gasteiger partial charge in [0, 0.05) is 30.7 Å². The van der Waals surface area contributed by atoms with Crippen molar-refractivity contribution >= 4 is 17.5 Å². The molecule has 3 aromatic rings. The van der Waals surface area contributed by atoms with E-state index in [-0.39, 0.29) is 11.8 Å². The minimum atomic E-state index is -0.0665. The third kappa shape index (κ3) is 4.22. The number of hydrogen-bond donors (Lipinski definition) is 0. The molecule has 1 aliphatic rings. The summed E-state index contributed by atoms with van der Waals surface area (Å²) in [6, 6.07) is 9.36. The molecule has 2 aromatic heterocycles. The molecule has 1 aromatic carbocycles. The molecule has 0 spiro atoms. The molecule has 7 heteroatoms. The molecule has 1 saturated heterocycles. The predicted octanol–water partition coefficient (Wildman–Crippen LogP) is 4.04. The number of halogens is 1. The average Bonchev–Trinajstić information content (AvgIpc) is 3.18. The van der Waals surface area contributed by atoms with E-state index in [0.717, 1.165) is 30.7 Å². The molecule has 6 nitrogen and oxygen atoms in total. The Morgan fingerprint density at radius 1 is 1.25 bits per heavy atom. The number of oxazole rings is 1. The summed E-state index contributed by atoms with van der Waals surface area (Å²) >= 11 is 5.94. The van der Waals surface area contributed by atoms with Crippen LogP contribution in [0, 0.1) is 6.92 Å². The van der Waals surface area contributed by atoms with Crippen LogP contribution in [-0.4, -0.2) is 38.8 Å². The molecule has 0 aliphatic carbocycles. The average molecular weight is 397 g/mol. The lowest BCUT2D eigenvalue weighted by Crippen LogP contribution is -2.39. The van der Waals surface area contributed by atoms with Gasteiger partial charge in [-0.2, -0.15) is 0 Å². The standard InChI is InChI=1S/C21H21ClN4O2/c1-14-23-9-8-19(25-14)21(27)26-10-2-3-16(13-26)20-24-12-18(28-20)11-15-4-6-17(22)7-5-15/h4-9,12,16H,2-3,10-11,13H2,1H3/t16-/m0/s1. The summed E-state index contributed by atoms with van der Waals surface area (Å²) in [5, 5.41) is 0.716. The van der Waals surface area contributed by atoms with Crippen LogP contribution < -0.4 is 0 Å². The van der Waals surface area contributed by atoms with Crippen molar-refractivity contribution in [1.82, 2.24) is 19.9 Å². The second-order valence-electron chi connectivity index (χ2n) is 7.05. The zero-order valence-corrected chi connectivity index (χ0v) is 16.4. The van der Waals surface area contributed by atoms with Gasteiger partial charge in [0.2, 0.25) is 0 Å². The maximum absolute atomic E-state index is 12.8. The first-order valence-corrected chi connectivity index (χ1v) is 9.74. The number of piperidine rings is 1. The Hall–Kier alpha value is -2.73. The fourth-order valence-electron chi connectivity index (χ4n) is 3.50. The van der Waals surface area contributed by atoms with Crippen LogP contribution in [0.1, 0.15) is 52.3 Å². The first-order chi connectivity index (χ1) is 13.6. The highest BCUT2D eigenvalue weighted by Crippen LogP contribution is 2.28. The van der Waals surface area contributed by atoms with Crippen LogP contribution in [0.25, 0.3) is 0 Å². The molecule has 0 saturated carbocycles. The Labute approximate surface area is 168 Å². The highest BCUT2D eigenvalue weighted by molar-refractivity contribution is 6.30. The highest BCUT2D eigenvalue weighted by Gasteiger charge is 2.29. The molecular formula is C21H21ClN4O2. The van der Waals surface area contributed by atoms with E-state index in [1.54, 1.807) is 25.4 Å². The molecular weight excluding hydrogens is 376 g/mol. The Kier molecular flexibility index (Phi) is 5.39. The van der Waals surface area contributed by atoms with Gasteiger partial charge in [0.05, 0.1) is 12.1 Å². The number of likely N-dealkylation sites (tertiary alicyclic amines) is 1. The van der Waals surface area contributed by atoms with Gasteiger partial charge in [-0.05, 0) is 43.5 Å². The van der Waals surface area contributed by atoms with E-state index in [0.29, 0.717) is 35.4 Å². The molecule has 0 N–H and O–H groups in total. The maximum atomic E-state index is 12.8. The summed E-state index contributed by atoms with van der Waals surface area (Å²) < 4.78 is 6.00. The normalized spacial score (nSPS) is 16.9. The van der Waals surface area contributed by atoms with E-state index in [4.69, 9.17) is 16.0 Å². The van der Waals surface area contributed by atoms with Crippen molar-refractivity contribution in [2.24, 2.45) is 0 Å². The Bertz CT molecular complexity index is 971. The minimum absolute atomic E-state index is 0.0665. The first-order valence-electron chi connectivity index (χ1n) is 9.36. The van der Waals surface area contributed by atoms with Gasteiger partial charge in [0.1, 0.15) is 17.3 Å². The summed E-state index contributed by atoms with van der Waals surface area (Å²) in [5.74, 6) is 2.13. The molecule has 0 radical (unpaired) electrons. The monoisotopic (exact) mass is 396 g/mol. The van der Waals surface area contributed by atoms with Crippen molar-refractivity contribution in [2.75, 3.05) is 13.1 Å². The molecule has 28 heavy (non-hydrogen) atoms. The number of carbonyl (C=O) groups is 1. The Morgan fingerprint density at radius 2 is 2.07 bits per heavy atom. The molecule has 4 rings (SSSR count). The smallest absolute Gasteiger partial charge is 0.272 e. The number of aromatic nitrogens is 3. The van der Waals surface area contributed by atoms with Crippen LogP contribution in [0.2, 0.25) is 5.02 Å². The van der Waals surface area contributed by atoms with E-state index in [2.05, 4.69) is 15.0 Å². The van der Waals surface area contributed by atoms with Crippen LogP contribution in [0.4, 0.5) is 0 Å². The summed E-state index contributed by atoms with van der Waals surface area (Å²) in [7, 11) is 0. The number of benzene rings is 1. The van der Waals surface area contributed by atoms with Crippen LogP contribution in [0.3, 0.4) is 0 Å². The van der Waals surface area contributed by atoms with E-state index in [1.165, 1.54) is 0 Å². The molecule has 0 unspecified atom stereocenters. The summed E-state index contributed by atoms with van der Waals surface area (Å²) in [6.07, 6.45) is 5.93. The fourth-order valence-corrected chi connectivity index (χ4v) is 3.62. The largest absolute Gasteiger partial charge is 0.445 e. The van der Waals surface area contributed by atoms with E-state index in [1.807, 2.05) is 29.2 Å². The molecule has 1 atom stereocenters. The number of carbonyl (C=O) groups excluding carboxylic acids is 1. The molecule has 144 valence electrons. The van der Waals surface area contributed by atoms with Crippen molar-refractivity contribution in [3.05, 3.63) is 76.5 Å². The highest BCUT2D eigenvalue weighted by atomic mass is 35.5. The lowest BCUT2D eigenvalue weighted by molar-refractivity contribution is 0.0691. The predicted molar refractivity (Wildman–Crippen MR) is 105 cm³/mol. The third-order valence-corrected chi connectivity index (χ3v) is 5.17. The fraction of sp³-hybridized carbons (Fsp3) is 0.333. The summed E-state index contributed by atoms with van der Waals surface area (Å²) in [4.78, 5) is 27.4. The zero-order chi connectivity index (χ0) is 19.5. The minimum Gasteiger partial charge on any atom is -0.445 e.